The summed E-state index contributed by atoms with van der Waals surface area (Å²) in [4.78, 5) is 14.0. The molecule has 106 valence electrons. The Morgan fingerprint density at radius 2 is 2.17 bits per heavy atom. The summed E-state index contributed by atoms with van der Waals surface area (Å²) in [7, 11) is 5.56. The fraction of sp³-hybridized carbons (Fsp3) is 0.929. The molecule has 0 heterocycles. The molecule has 3 atom stereocenters. The molecule has 0 aromatic heterocycles. The number of likely N-dealkylation sites (N-methyl/N-ethyl adjacent to an activating group) is 1. The molecule has 1 aliphatic rings. The predicted molar refractivity (Wildman–Crippen MR) is 73.5 cm³/mol. The first-order valence-electron chi connectivity index (χ1n) is 7.00. The summed E-state index contributed by atoms with van der Waals surface area (Å²) < 4.78 is 4.94. The number of nitrogens with one attached hydrogen (secondary N) is 1. The molecule has 1 fully saturated rings. The van der Waals surface area contributed by atoms with E-state index in [4.69, 9.17) is 4.74 Å². The van der Waals surface area contributed by atoms with Gasteiger partial charge in [0.2, 0.25) is 0 Å². The van der Waals surface area contributed by atoms with E-state index in [0.29, 0.717) is 5.92 Å². The van der Waals surface area contributed by atoms with E-state index in [9.17, 15) is 4.79 Å². The van der Waals surface area contributed by atoms with E-state index < -0.39 is 0 Å². The van der Waals surface area contributed by atoms with Crippen molar-refractivity contribution in [3.8, 4) is 0 Å². The number of rotatable bonds is 6. The SMILES string of the molecule is COC(=O)C(NCCN(C)C)C1CCCC(C)C1. The number of ether oxygens (including phenoxy) is 1. The second-order valence-electron chi connectivity index (χ2n) is 5.79. The second kappa shape index (κ2) is 7.74. The molecule has 0 amide bonds. The van der Waals surface area contributed by atoms with Crippen molar-refractivity contribution in [1.29, 1.82) is 0 Å². The summed E-state index contributed by atoms with van der Waals surface area (Å²) in [6.07, 6.45) is 4.80. The molecule has 18 heavy (non-hydrogen) atoms. The summed E-state index contributed by atoms with van der Waals surface area (Å²) in [5.74, 6) is 1.06. The van der Waals surface area contributed by atoms with Gasteiger partial charge in [-0.1, -0.05) is 19.8 Å². The molecule has 0 aromatic carbocycles. The first-order chi connectivity index (χ1) is 8.54. The molecule has 0 spiro atoms. The van der Waals surface area contributed by atoms with Gasteiger partial charge in [-0.15, -0.1) is 0 Å². The van der Waals surface area contributed by atoms with Crippen LogP contribution in [0.1, 0.15) is 32.6 Å². The second-order valence-corrected chi connectivity index (χ2v) is 5.79. The average molecular weight is 256 g/mol. The smallest absolute Gasteiger partial charge is 0.323 e. The van der Waals surface area contributed by atoms with Gasteiger partial charge in [0, 0.05) is 13.1 Å². The molecule has 1 saturated carbocycles. The largest absolute Gasteiger partial charge is 0.468 e. The Balaban J connectivity index is 2.51. The molecule has 0 aliphatic heterocycles. The molecule has 4 nitrogen and oxygen atoms in total. The van der Waals surface area contributed by atoms with Gasteiger partial charge in [0.05, 0.1) is 7.11 Å². The van der Waals surface area contributed by atoms with Crippen LogP contribution in [0.25, 0.3) is 0 Å². The highest BCUT2D eigenvalue weighted by Crippen LogP contribution is 2.31. The Morgan fingerprint density at radius 3 is 2.72 bits per heavy atom. The maximum atomic E-state index is 11.9. The van der Waals surface area contributed by atoms with Crippen LogP contribution in [0.5, 0.6) is 0 Å². The van der Waals surface area contributed by atoms with Gasteiger partial charge in [-0.3, -0.25) is 4.79 Å². The van der Waals surface area contributed by atoms with Crippen LogP contribution in [0.4, 0.5) is 0 Å². The molecule has 1 N–H and O–H groups in total. The van der Waals surface area contributed by atoms with Crippen LogP contribution < -0.4 is 5.32 Å². The van der Waals surface area contributed by atoms with E-state index >= 15 is 0 Å². The van der Waals surface area contributed by atoms with Crippen molar-refractivity contribution in [2.45, 2.75) is 38.6 Å². The topological polar surface area (TPSA) is 41.6 Å². The Hall–Kier alpha value is -0.610. The molecule has 0 radical (unpaired) electrons. The summed E-state index contributed by atoms with van der Waals surface area (Å²) in [6.45, 7) is 4.05. The van der Waals surface area contributed by atoms with Crippen LogP contribution in [0.2, 0.25) is 0 Å². The van der Waals surface area contributed by atoms with Crippen molar-refractivity contribution < 1.29 is 9.53 Å². The molecule has 3 unspecified atom stereocenters. The lowest BCUT2D eigenvalue weighted by Crippen LogP contribution is -2.47. The highest BCUT2D eigenvalue weighted by atomic mass is 16.5. The zero-order chi connectivity index (χ0) is 13.5. The third-order valence-electron chi connectivity index (χ3n) is 3.83. The maximum Gasteiger partial charge on any atom is 0.323 e. The predicted octanol–water partition coefficient (Wildman–Crippen LogP) is 1.51. The zero-order valence-corrected chi connectivity index (χ0v) is 12.2. The fourth-order valence-electron chi connectivity index (χ4n) is 2.80. The monoisotopic (exact) mass is 256 g/mol. The summed E-state index contributed by atoms with van der Waals surface area (Å²) in [5, 5.41) is 3.38. The van der Waals surface area contributed by atoms with Gasteiger partial charge >= 0.3 is 5.97 Å². The first kappa shape index (κ1) is 15.4. The quantitative estimate of drug-likeness (QED) is 0.731. The molecular weight excluding hydrogens is 228 g/mol. The molecule has 1 aliphatic carbocycles. The van der Waals surface area contributed by atoms with Gasteiger partial charge < -0.3 is 15.0 Å². The Morgan fingerprint density at radius 1 is 1.44 bits per heavy atom. The van der Waals surface area contributed by atoms with Crippen molar-refractivity contribution in [2.75, 3.05) is 34.3 Å². The fourth-order valence-corrected chi connectivity index (χ4v) is 2.80. The maximum absolute atomic E-state index is 11.9. The number of hydrogen-bond donors (Lipinski definition) is 1. The number of carbonyl (C=O) groups is 1. The van der Waals surface area contributed by atoms with Crippen LogP contribution in [0.3, 0.4) is 0 Å². The summed E-state index contributed by atoms with van der Waals surface area (Å²) in [6, 6.07) is -0.127. The minimum absolute atomic E-state index is 0.104. The van der Waals surface area contributed by atoms with Crippen LogP contribution in [0, 0.1) is 11.8 Å². The molecule has 0 saturated heterocycles. The van der Waals surface area contributed by atoms with Crippen LogP contribution in [-0.4, -0.2) is 51.2 Å². The third kappa shape index (κ3) is 4.94. The van der Waals surface area contributed by atoms with Crippen molar-refractivity contribution in [2.24, 2.45) is 11.8 Å². The van der Waals surface area contributed by atoms with E-state index in [1.807, 2.05) is 14.1 Å². The minimum Gasteiger partial charge on any atom is -0.468 e. The van der Waals surface area contributed by atoms with Gasteiger partial charge in [-0.25, -0.2) is 0 Å². The van der Waals surface area contributed by atoms with E-state index in [-0.39, 0.29) is 12.0 Å². The van der Waals surface area contributed by atoms with Crippen LogP contribution in [0.15, 0.2) is 0 Å². The van der Waals surface area contributed by atoms with E-state index in [0.717, 1.165) is 31.8 Å². The lowest BCUT2D eigenvalue weighted by Gasteiger charge is -2.32. The van der Waals surface area contributed by atoms with Crippen molar-refractivity contribution >= 4 is 5.97 Å². The minimum atomic E-state index is -0.127. The van der Waals surface area contributed by atoms with Crippen molar-refractivity contribution in [3.63, 3.8) is 0 Å². The molecule has 4 heteroatoms. The molecular formula is C14H28N2O2. The highest BCUT2D eigenvalue weighted by Gasteiger charge is 2.31. The van der Waals surface area contributed by atoms with Gasteiger partial charge in [-0.05, 0) is 38.8 Å². The normalized spacial score (nSPS) is 26.1. The van der Waals surface area contributed by atoms with Gasteiger partial charge in [0.15, 0.2) is 0 Å². The summed E-state index contributed by atoms with van der Waals surface area (Å²) in [5.41, 5.74) is 0. The molecule has 0 aromatic rings. The van der Waals surface area contributed by atoms with Crippen molar-refractivity contribution in [1.82, 2.24) is 10.2 Å². The number of carbonyl (C=O) groups excluding carboxylic acids is 1. The summed E-state index contributed by atoms with van der Waals surface area (Å²) >= 11 is 0. The zero-order valence-electron chi connectivity index (χ0n) is 12.2. The standard InChI is InChI=1S/C14H28N2O2/c1-11-6-5-7-12(10-11)13(14(17)18-4)15-8-9-16(2)3/h11-13,15H,5-10H2,1-4H3. The lowest BCUT2D eigenvalue weighted by atomic mass is 9.78. The highest BCUT2D eigenvalue weighted by molar-refractivity contribution is 5.76. The average Bonchev–Trinajstić information content (AvgIpc) is 2.33. The van der Waals surface area contributed by atoms with E-state index in [1.165, 1.54) is 20.0 Å². The van der Waals surface area contributed by atoms with Crippen molar-refractivity contribution in [3.05, 3.63) is 0 Å². The Labute approximate surface area is 111 Å². The van der Waals surface area contributed by atoms with Crippen LogP contribution >= 0.6 is 0 Å². The number of methoxy groups -OCH3 is 1. The number of esters is 1. The van der Waals surface area contributed by atoms with Gasteiger partial charge in [0.25, 0.3) is 0 Å². The molecule has 0 bridgehead atoms. The van der Waals surface area contributed by atoms with E-state index in [1.54, 1.807) is 0 Å². The van der Waals surface area contributed by atoms with Gasteiger partial charge in [0.1, 0.15) is 6.04 Å². The first-order valence-corrected chi connectivity index (χ1v) is 7.00. The van der Waals surface area contributed by atoms with E-state index in [2.05, 4.69) is 17.1 Å². The van der Waals surface area contributed by atoms with Gasteiger partial charge in [-0.2, -0.15) is 0 Å². The molecule has 1 rings (SSSR count). The third-order valence-corrected chi connectivity index (χ3v) is 3.83. The number of hydrogen-bond acceptors (Lipinski definition) is 4. The Kier molecular flexibility index (Phi) is 6.65. The lowest BCUT2D eigenvalue weighted by molar-refractivity contribution is -0.145. The Bertz CT molecular complexity index is 256. The number of nitrogens with zero attached hydrogens (tertiary/aromatic N) is 1. The van der Waals surface area contributed by atoms with Crippen LogP contribution in [-0.2, 0) is 9.53 Å².